The molecule has 0 radical (unpaired) electrons. The number of carboxylic acid groups (broad SMARTS) is 1. The number of amidine groups is 1. The number of nitrogen functional groups attached to an aromatic ring is 1. The Bertz CT molecular complexity index is 1560. The lowest BCUT2D eigenvalue weighted by atomic mass is 10.1. The predicted molar refractivity (Wildman–Crippen MR) is 150 cm³/mol. The van der Waals surface area contributed by atoms with E-state index in [4.69, 9.17) is 15.9 Å². The maximum Gasteiger partial charge on any atom is 0.305 e. The normalized spacial score (nSPS) is 11.6. The van der Waals surface area contributed by atoms with Crippen molar-refractivity contribution in [2.45, 2.75) is 18.9 Å². The molecule has 0 aliphatic heterocycles. The molecule has 11 nitrogen and oxygen atoms in total. The fourth-order valence-electron chi connectivity index (χ4n) is 4.27. The van der Waals surface area contributed by atoms with Crippen LogP contribution in [0.25, 0.3) is 22.4 Å². The van der Waals surface area contributed by atoms with Crippen LogP contribution < -0.4 is 21.1 Å². The summed E-state index contributed by atoms with van der Waals surface area (Å²) in [6.07, 6.45) is -0.0357. The number of carbonyl (C=O) groups excluding carboxylic acids is 2. The van der Waals surface area contributed by atoms with Crippen LogP contribution in [-0.2, 0) is 23.1 Å². The van der Waals surface area contributed by atoms with Crippen LogP contribution in [-0.4, -0.2) is 58.0 Å². The number of rotatable bonds is 11. The smallest absolute Gasteiger partial charge is 0.305 e. The Morgan fingerprint density at radius 3 is 2.35 bits per heavy atom. The van der Waals surface area contributed by atoms with Crippen LogP contribution in [0.2, 0.25) is 0 Å². The lowest BCUT2D eigenvalue weighted by Gasteiger charge is -2.17. The highest BCUT2D eigenvalue weighted by atomic mass is 16.5. The topological polar surface area (TPSA) is 172 Å². The molecule has 11 heteroatoms. The van der Waals surface area contributed by atoms with Gasteiger partial charge in [-0.15, -0.1) is 0 Å². The van der Waals surface area contributed by atoms with Gasteiger partial charge in [0, 0.05) is 30.3 Å². The van der Waals surface area contributed by atoms with E-state index in [1.165, 1.54) is 0 Å². The third-order valence-corrected chi connectivity index (χ3v) is 6.47. The molecular weight excluding hydrogens is 512 g/mol. The highest BCUT2D eigenvalue weighted by molar-refractivity contribution is 6.01. The first-order chi connectivity index (χ1) is 19.2. The second-order valence-electron chi connectivity index (χ2n) is 9.20. The number of aliphatic carboxylic acids is 1. The quantitative estimate of drug-likeness (QED) is 0.143. The summed E-state index contributed by atoms with van der Waals surface area (Å²) in [7, 11) is 3.43. The lowest BCUT2D eigenvalue weighted by Crippen LogP contribution is -2.48. The van der Waals surface area contributed by atoms with Gasteiger partial charge in [-0.05, 0) is 42.3 Å². The molecule has 1 aromatic heterocycles. The molecule has 4 rings (SSSR count). The molecule has 6 N–H and O–H groups in total. The number of carbonyl (C=O) groups is 3. The van der Waals surface area contributed by atoms with Crippen LogP contribution in [0.4, 0.5) is 0 Å². The number of imidazole rings is 1. The second-order valence-corrected chi connectivity index (χ2v) is 9.20. The Labute approximate surface area is 230 Å². The number of hydrogen-bond donors (Lipinski definition) is 5. The average molecular weight is 543 g/mol. The molecule has 0 aliphatic carbocycles. The molecule has 40 heavy (non-hydrogen) atoms. The lowest BCUT2D eigenvalue weighted by molar-refractivity contribution is -0.139. The summed E-state index contributed by atoms with van der Waals surface area (Å²) in [5, 5.41) is 22.1. The third-order valence-electron chi connectivity index (χ3n) is 6.47. The van der Waals surface area contributed by atoms with Crippen molar-refractivity contribution in [2.24, 2.45) is 12.8 Å². The van der Waals surface area contributed by atoms with Gasteiger partial charge in [-0.3, -0.25) is 19.8 Å². The summed E-state index contributed by atoms with van der Waals surface area (Å²) in [6, 6.07) is 18.2. The van der Waals surface area contributed by atoms with Crippen molar-refractivity contribution in [1.82, 2.24) is 20.2 Å². The van der Waals surface area contributed by atoms with Crippen molar-refractivity contribution in [3.05, 3.63) is 83.4 Å². The van der Waals surface area contributed by atoms with E-state index in [9.17, 15) is 19.5 Å². The number of nitrogens with two attached hydrogens (primary N) is 1. The Balaban J connectivity index is 1.45. The Morgan fingerprint density at radius 2 is 1.73 bits per heavy atom. The zero-order valence-corrected chi connectivity index (χ0v) is 22.1. The van der Waals surface area contributed by atoms with E-state index >= 15 is 0 Å². The zero-order valence-electron chi connectivity index (χ0n) is 22.1. The van der Waals surface area contributed by atoms with E-state index in [1.54, 1.807) is 37.4 Å². The monoisotopic (exact) mass is 542 g/mol. The van der Waals surface area contributed by atoms with Crippen LogP contribution in [0, 0.1) is 5.41 Å². The number of fused-ring (bicyclic) bond motifs is 1. The van der Waals surface area contributed by atoms with E-state index < -0.39 is 30.2 Å². The minimum Gasteiger partial charge on any atom is -0.497 e. The van der Waals surface area contributed by atoms with Crippen LogP contribution >= 0.6 is 0 Å². The molecule has 0 spiro atoms. The molecule has 206 valence electrons. The standard InChI is InChI=1S/C29H30N6O5/c1-35-24-12-9-20(15-22(24)33-27(35)19-7-5-18(6-8-19)26(30)31)28(38)34-23(16-25(36)37)29(39)32-14-13-17-3-10-21(40-2)11-4-17/h3-12,15,23H,13-14,16H2,1-2H3,(H3,30,31)(H,32,39)(H,34,38)(H,36,37). The molecular formula is C29H30N6O5. The first-order valence-electron chi connectivity index (χ1n) is 12.5. The SMILES string of the molecule is COc1ccc(CCNC(=O)C(CC(=O)O)NC(=O)c2ccc3c(c2)nc(-c2ccc(C(=N)N)cc2)n3C)cc1. The largest absolute Gasteiger partial charge is 0.497 e. The van der Waals surface area contributed by atoms with Gasteiger partial charge in [0.1, 0.15) is 23.5 Å². The molecule has 1 unspecified atom stereocenters. The van der Waals surface area contributed by atoms with E-state index in [0.717, 1.165) is 22.4 Å². The summed E-state index contributed by atoms with van der Waals surface area (Å²) >= 11 is 0. The van der Waals surface area contributed by atoms with Gasteiger partial charge in [-0.25, -0.2) is 4.98 Å². The molecule has 0 saturated heterocycles. The molecule has 1 atom stereocenters. The van der Waals surface area contributed by atoms with Crippen LogP contribution in [0.1, 0.15) is 27.9 Å². The number of aromatic nitrogens is 2. The van der Waals surface area contributed by atoms with Gasteiger partial charge in [0.05, 0.1) is 24.6 Å². The fraction of sp³-hybridized carbons (Fsp3) is 0.207. The fourth-order valence-corrected chi connectivity index (χ4v) is 4.27. The van der Waals surface area contributed by atoms with Crippen molar-refractivity contribution in [3.63, 3.8) is 0 Å². The van der Waals surface area contributed by atoms with Crippen molar-refractivity contribution in [1.29, 1.82) is 5.41 Å². The molecule has 4 aromatic rings. The summed E-state index contributed by atoms with van der Waals surface area (Å²) in [4.78, 5) is 41.9. The Hall–Kier alpha value is -5.19. The average Bonchev–Trinajstić information content (AvgIpc) is 3.28. The Kier molecular flexibility index (Phi) is 8.43. The van der Waals surface area contributed by atoms with Crippen LogP contribution in [0.3, 0.4) is 0 Å². The van der Waals surface area contributed by atoms with Crippen molar-refractivity contribution in [3.8, 4) is 17.1 Å². The summed E-state index contributed by atoms with van der Waals surface area (Å²) in [5.41, 5.74) is 9.49. The maximum atomic E-state index is 13.0. The summed E-state index contributed by atoms with van der Waals surface area (Å²) < 4.78 is 7.01. The molecule has 0 bridgehead atoms. The Morgan fingerprint density at radius 1 is 1.05 bits per heavy atom. The van der Waals surface area contributed by atoms with Gasteiger partial charge in [0.2, 0.25) is 5.91 Å². The number of methoxy groups -OCH3 is 1. The number of hydrogen-bond acceptors (Lipinski definition) is 6. The zero-order chi connectivity index (χ0) is 28.8. The third kappa shape index (κ3) is 6.44. The van der Waals surface area contributed by atoms with Crippen molar-refractivity contribution < 1.29 is 24.2 Å². The number of nitrogens with one attached hydrogen (secondary N) is 3. The minimum absolute atomic E-state index is 0.0284. The number of carboxylic acids is 1. The van der Waals surface area contributed by atoms with E-state index in [0.29, 0.717) is 23.3 Å². The molecule has 1 heterocycles. The van der Waals surface area contributed by atoms with E-state index in [-0.39, 0.29) is 17.9 Å². The molecule has 2 amide bonds. The van der Waals surface area contributed by atoms with Crippen molar-refractivity contribution in [2.75, 3.05) is 13.7 Å². The van der Waals surface area contributed by atoms with Gasteiger partial charge in [0.25, 0.3) is 5.91 Å². The highest BCUT2D eigenvalue weighted by Gasteiger charge is 2.24. The van der Waals surface area contributed by atoms with Gasteiger partial charge < -0.3 is 30.8 Å². The highest BCUT2D eigenvalue weighted by Crippen LogP contribution is 2.25. The number of aryl methyl sites for hydroxylation is 1. The first-order valence-corrected chi connectivity index (χ1v) is 12.5. The number of nitrogens with zero attached hydrogens (tertiary/aromatic N) is 2. The van der Waals surface area contributed by atoms with Crippen LogP contribution in [0.5, 0.6) is 5.75 Å². The summed E-state index contributed by atoms with van der Waals surface area (Å²) in [5.74, 6) is -1.03. The second kappa shape index (κ2) is 12.1. The molecule has 0 saturated carbocycles. The number of amides is 2. The molecule has 0 fully saturated rings. The molecule has 0 aliphatic rings. The first kappa shape index (κ1) is 27.8. The van der Waals surface area contributed by atoms with Gasteiger partial charge in [-0.1, -0.05) is 36.4 Å². The van der Waals surface area contributed by atoms with Gasteiger partial charge >= 0.3 is 5.97 Å². The van der Waals surface area contributed by atoms with E-state index in [1.807, 2.05) is 48.0 Å². The van der Waals surface area contributed by atoms with Gasteiger partial charge in [-0.2, -0.15) is 0 Å². The minimum atomic E-state index is -1.25. The molecule has 3 aromatic carbocycles. The predicted octanol–water partition coefficient (Wildman–Crippen LogP) is 2.46. The van der Waals surface area contributed by atoms with E-state index in [2.05, 4.69) is 15.6 Å². The maximum absolute atomic E-state index is 13.0. The number of benzene rings is 3. The summed E-state index contributed by atoms with van der Waals surface area (Å²) in [6.45, 7) is 0.271. The van der Waals surface area contributed by atoms with Gasteiger partial charge in [0.15, 0.2) is 0 Å². The number of ether oxygens (including phenoxy) is 1. The van der Waals surface area contributed by atoms with Crippen LogP contribution in [0.15, 0.2) is 66.7 Å². The van der Waals surface area contributed by atoms with Crippen molar-refractivity contribution >= 4 is 34.7 Å².